The van der Waals surface area contributed by atoms with Gasteiger partial charge in [-0.3, -0.25) is 4.79 Å². The minimum Gasteiger partial charge on any atom is -0.478 e. The van der Waals surface area contributed by atoms with E-state index in [2.05, 4.69) is 5.32 Å². The number of hydrogen-bond acceptors (Lipinski definition) is 2. The molecule has 0 aliphatic heterocycles. The van der Waals surface area contributed by atoms with Crippen molar-refractivity contribution in [1.82, 2.24) is 5.32 Å². The van der Waals surface area contributed by atoms with Crippen molar-refractivity contribution in [2.45, 2.75) is 0 Å². The highest BCUT2D eigenvalue weighted by Gasteiger charge is 2.01. The Balaban J connectivity index is 2.92. The van der Waals surface area contributed by atoms with Crippen LogP contribution in [0.2, 0.25) is 0 Å². The molecule has 0 aliphatic carbocycles. The maximum Gasteiger partial charge on any atom is 0.328 e. The summed E-state index contributed by atoms with van der Waals surface area (Å²) in [5, 5.41) is 10.9. The summed E-state index contributed by atoms with van der Waals surface area (Å²) in [5.41, 5.74) is 1.18. The van der Waals surface area contributed by atoms with E-state index in [9.17, 15) is 9.59 Å². The molecule has 0 heterocycles. The number of aliphatic carboxylic acids is 1. The monoisotopic (exact) mass is 205 g/mol. The normalized spacial score (nSPS) is 10.2. The zero-order valence-corrected chi connectivity index (χ0v) is 8.23. The van der Waals surface area contributed by atoms with Crippen LogP contribution in [0.3, 0.4) is 0 Å². The van der Waals surface area contributed by atoms with E-state index >= 15 is 0 Å². The number of nitrogens with one attached hydrogen (secondary N) is 1. The molecule has 0 aromatic heterocycles. The molecule has 78 valence electrons. The summed E-state index contributed by atoms with van der Waals surface area (Å²) in [5.74, 6) is -1.21. The van der Waals surface area contributed by atoms with Crippen LogP contribution in [0, 0.1) is 0 Å². The smallest absolute Gasteiger partial charge is 0.328 e. The van der Waals surface area contributed by atoms with E-state index in [-0.39, 0.29) is 5.91 Å². The number of benzene rings is 1. The lowest BCUT2D eigenvalue weighted by atomic mass is 10.1. The van der Waals surface area contributed by atoms with Crippen molar-refractivity contribution in [3.8, 4) is 0 Å². The lowest BCUT2D eigenvalue weighted by Gasteiger charge is -2.00. The number of carboxylic acids is 1. The molecule has 0 spiro atoms. The molecule has 0 bridgehead atoms. The molecule has 0 fully saturated rings. The fraction of sp³-hybridized carbons (Fsp3) is 0.0909. The van der Waals surface area contributed by atoms with Gasteiger partial charge in [0.25, 0.3) is 5.91 Å². The molecule has 0 aliphatic rings. The van der Waals surface area contributed by atoms with Crippen molar-refractivity contribution in [2.75, 3.05) is 7.05 Å². The number of rotatable bonds is 3. The highest BCUT2D eigenvalue weighted by atomic mass is 16.4. The molecule has 1 rings (SSSR count). The predicted octanol–water partition coefficient (Wildman–Crippen LogP) is 1.14. The molecule has 0 radical (unpaired) electrons. The van der Waals surface area contributed by atoms with Crippen LogP contribution in [0.1, 0.15) is 15.9 Å². The lowest BCUT2D eigenvalue weighted by Crippen LogP contribution is -2.17. The average Bonchev–Trinajstić information content (AvgIpc) is 2.25. The highest BCUT2D eigenvalue weighted by Crippen LogP contribution is 2.06. The predicted molar refractivity (Wildman–Crippen MR) is 56.5 cm³/mol. The lowest BCUT2D eigenvalue weighted by molar-refractivity contribution is -0.131. The van der Waals surface area contributed by atoms with E-state index in [0.717, 1.165) is 6.08 Å². The third-order valence-corrected chi connectivity index (χ3v) is 1.79. The Morgan fingerprint density at radius 1 is 1.40 bits per heavy atom. The fourth-order valence-electron chi connectivity index (χ4n) is 1.10. The summed E-state index contributed by atoms with van der Waals surface area (Å²) in [7, 11) is 1.54. The second kappa shape index (κ2) is 4.95. The number of carbonyl (C=O) groups is 2. The number of hydrogen-bond donors (Lipinski definition) is 2. The molecule has 1 aromatic rings. The van der Waals surface area contributed by atoms with Crippen molar-refractivity contribution in [3.63, 3.8) is 0 Å². The Kier molecular flexibility index (Phi) is 3.62. The molecular formula is C11H11NO3. The largest absolute Gasteiger partial charge is 0.478 e. The van der Waals surface area contributed by atoms with E-state index < -0.39 is 5.97 Å². The van der Waals surface area contributed by atoms with Crippen LogP contribution in [-0.2, 0) is 4.79 Å². The van der Waals surface area contributed by atoms with E-state index in [1.165, 1.54) is 6.08 Å². The molecule has 2 N–H and O–H groups in total. The topological polar surface area (TPSA) is 66.4 Å². The van der Waals surface area contributed by atoms with Crippen molar-refractivity contribution in [1.29, 1.82) is 0 Å². The van der Waals surface area contributed by atoms with Crippen LogP contribution in [0.4, 0.5) is 0 Å². The standard InChI is InChI=1S/C11H11NO3/c1-12-11(15)9-4-2-3-8(7-9)5-6-10(13)14/h2-7H,1H3,(H,12,15)(H,13,14). The van der Waals surface area contributed by atoms with Gasteiger partial charge in [0.2, 0.25) is 0 Å². The Hall–Kier alpha value is -2.10. The van der Waals surface area contributed by atoms with E-state index in [4.69, 9.17) is 5.11 Å². The zero-order chi connectivity index (χ0) is 11.3. The Labute approximate surface area is 87.2 Å². The number of carboxylic acid groups (broad SMARTS) is 1. The molecule has 0 saturated carbocycles. The number of carbonyl (C=O) groups excluding carboxylic acids is 1. The Morgan fingerprint density at radius 2 is 2.13 bits per heavy atom. The van der Waals surface area contributed by atoms with E-state index in [0.29, 0.717) is 11.1 Å². The quantitative estimate of drug-likeness (QED) is 0.727. The first-order valence-corrected chi connectivity index (χ1v) is 4.36. The van der Waals surface area contributed by atoms with Gasteiger partial charge in [-0.2, -0.15) is 0 Å². The van der Waals surface area contributed by atoms with Gasteiger partial charge in [0.1, 0.15) is 0 Å². The first kappa shape index (κ1) is 11.0. The Bertz CT molecular complexity index is 410. The van der Waals surface area contributed by atoms with E-state index in [1.807, 2.05) is 0 Å². The van der Waals surface area contributed by atoms with Gasteiger partial charge in [-0.05, 0) is 23.8 Å². The SMILES string of the molecule is CNC(=O)c1cccc(C=CC(=O)O)c1. The van der Waals surface area contributed by atoms with Crippen LogP contribution in [0.5, 0.6) is 0 Å². The van der Waals surface area contributed by atoms with Crippen LogP contribution in [-0.4, -0.2) is 24.0 Å². The summed E-state index contributed by atoms with van der Waals surface area (Å²) >= 11 is 0. The molecule has 1 amide bonds. The molecule has 4 heteroatoms. The van der Waals surface area contributed by atoms with Gasteiger partial charge in [-0.25, -0.2) is 4.79 Å². The average molecular weight is 205 g/mol. The summed E-state index contributed by atoms with van der Waals surface area (Å²) in [4.78, 5) is 21.5. The summed E-state index contributed by atoms with van der Waals surface area (Å²) in [6.45, 7) is 0. The molecule has 0 unspecified atom stereocenters. The zero-order valence-electron chi connectivity index (χ0n) is 8.23. The molecule has 4 nitrogen and oxygen atoms in total. The second-order valence-electron chi connectivity index (χ2n) is 2.88. The summed E-state index contributed by atoms with van der Waals surface area (Å²) in [6.07, 6.45) is 2.47. The van der Waals surface area contributed by atoms with Crippen molar-refractivity contribution in [2.24, 2.45) is 0 Å². The minimum atomic E-state index is -1.01. The van der Waals surface area contributed by atoms with Crippen LogP contribution < -0.4 is 5.32 Å². The third-order valence-electron chi connectivity index (χ3n) is 1.79. The maximum absolute atomic E-state index is 11.3. The van der Waals surface area contributed by atoms with Crippen LogP contribution >= 0.6 is 0 Å². The van der Waals surface area contributed by atoms with Crippen LogP contribution in [0.25, 0.3) is 6.08 Å². The van der Waals surface area contributed by atoms with Gasteiger partial charge in [-0.1, -0.05) is 12.1 Å². The maximum atomic E-state index is 11.3. The molecule has 15 heavy (non-hydrogen) atoms. The fourth-order valence-corrected chi connectivity index (χ4v) is 1.10. The minimum absolute atomic E-state index is 0.194. The van der Waals surface area contributed by atoms with Crippen molar-refractivity contribution < 1.29 is 14.7 Å². The molecule has 0 saturated heterocycles. The first-order valence-electron chi connectivity index (χ1n) is 4.36. The summed E-state index contributed by atoms with van der Waals surface area (Å²) in [6, 6.07) is 6.72. The van der Waals surface area contributed by atoms with Gasteiger partial charge in [0.15, 0.2) is 0 Å². The molecule has 0 atom stereocenters. The van der Waals surface area contributed by atoms with Gasteiger partial charge in [-0.15, -0.1) is 0 Å². The molecular weight excluding hydrogens is 194 g/mol. The Morgan fingerprint density at radius 3 is 2.73 bits per heavy atom. The summed E-state index contributed by atoms with van der Waals surface area (Å²) < 4.78 is 0. The molecule has 1 aromatic carbocycles. The van der Waals surface area contributed by atoms with Crippen molar-refractivity contribution >= 4 is 18.0 Å². The second-order valence-corrected chi connectivity index (χ2v) is 2.88. The van der Waals surface area contributed by atoms with Crippen molar-refractivity contribution in [3.05, 3.63) is 41.5 Å². The van der Waals surface area contributed by atoms with E-state index in [1.54, 1.807) is 31.3 Å². The van der Waals surface area contributed by atoms with Gasteiger partial charge >= 0.3 is 5.97 Å². The van der Waals surface area contributed by atoms with Gasteiger partial charge in [0, 0.05) is 18.7 Å². The van der Waals surface area contributed by atoms with Gasteiger partial charge in [0.05, 0.1) is 0 Å². The van der Waals surface area contributed by atoms with Crippen LogP contribution in [0.15, 0.2) is 30.3 Å². The number of amides is 1. The highest BCUT2D eigenvalue weighted by molar-refractivity contribution is 5.94. The first-order chi connectivity index (χ1) is 7.13. The third kappa shape index (κ3) is 3.27. The van der Waals surface area contributed by atoms with Gasteiger partial charge < -0.3 is 10.4 Å².